The molecule has 84 valence electrons. The molecule has 0 unspecified atom stereocenters. The van der Waals surface area contributed by atoms with Gasteiger partial charge in [-0.3, -0.25) is 0 Å². The van der Waals surface area contributed by atoms with Crippen molar-refractivity contribution in [3.05, 3.63) is 29.6 Å². The first kappa shape index (κ1) is 11.8. The molecule has 0 bridgehead atoms. The van der Waals surface area contributed by atoms with Crippen molar-refractivity contribution in [1.29, 1.82) is 0 Å². The van der Waals surface area contributed by atoms with Gasteiger partial charge >= 0.3 is 0 Å². The lowest BCUT2D eigenvalue weighted by molar-refractivity contribution is 0.247. The Morgan fingerprint density at radius 3 is 2.33 bits per heavy atom. The number of aliphatic hydroxyl groups is 1. The topological polar surface area (TPSA) is 29.5 Å². The van der Waals surface area contributed by atoms with E-state index in [0.717, 1.165) is 0 Å². The predicted molar refractivity (Wildman–Crippen MR) is 48.1 cm³/mol. The van der Waals surface area contributed by atoms with Gasteiger partial charge in [-0.1, -0.05) is 0 Å². The number of benzene rings is 1. The van der Waals surface area contributed by atoms with Crippen LogP contribution in [0.5, 0.6) is 5.75 Å². The molecule has 5 heteroatoms. The number of halogens is 3. The van der Waals surface area contributed by atoms with Crippen molar-refractivity contribution >= 4 is 0 Å². The summed E-state index contributed by atoms with van der Waals surface area (Å²) in [6, 6.07) is 1.11. The third-order valence-corrected chi connectivity index (χ3v) is 1.78. The maximum absolute atomic E-state index is 13.0. The zero-order valence-corrected chi connectivity index (χ0v) is 7.97. The first-order valence-electron chi connectivity index (χ1n) is 4.53. The second kappa shape index (κ2) is 5.60. The Bertz CT molecular complexity index is 329. The molecule has 1 N–H and O–H groups in total. The number of hydrogen-bond acceptors (Lipinski definition) is 2. The lowest BCUT2D eigenvalue weighted by Crippen LogP contribution is -2.01. The molecule has 0 aromatic heterocycles. The fourth-order valence-corrected chi connectivity index (χ4v) is 1.01. The molecule has 15 heavy (non-hydrogen) atoms. The van der Waals surface area contributed by atoms with E-state index in [1.54, 1.807) is 0 Å². The van der Waals surface area contributed by atoms with E-state index in [0.29, 0.717) is 25.0 Å². The highest BCUT2D eigenvalue weighted by Crippen LogP contribution is 2.20. The van der Waals surface area contributed by atoms with Gasteiger partial charge in [0.05, 0.1) is 6.61 Å². The highest BCUT2D eigenvalue weighted by atomic mass is 19.2. The molecule has 0 saturated carbocycles. The summed E-state index contributed by atoms with van der Waals surface area (Å²) in [4.78, 5) is 0. The summed E-state index contributed by atoms with van der Waals surface area (Å²) < 4.78 is 43.0. The molecule has 1 aromatic carbocycles. The van der Waals surface area contributed by atoms with Gasteiger partial charge in [0.25, 0.3) is 0 Å². The quantitative estimate of drug-likeness (QED) is 0.609. The summed E-state index contributed by atoms with van der Waals surface area (Å²) in [5.41, 5.74) is 0. The molecule has 0 aliphatic rings. The average molecular weight is 220 g/mol. The highest BCUT2D eigenvalue weighted by molar-refractivity contribution is 5.25. The van der Waals surface area contributed by atoms with E-state index in [1.165, 1.54) is 0 Å². The van der Waals surface area contributed by atoms with E-state index >= 15 is 0 Å². The molecule has 0 fully saturated rings. The largest absolute Gasteiger partial charge is 0.490 e. The summed E-state index contributed by atoms with van der Waals surface area (Å²) in [5, 5.41) is 8.46. The third-order valence-electron chi connectivity index (χ3n) is 1.78. The lowest BCUT2D eigenvalue weighted by atomic mass is 10.3. The maximum atomic E-state index is 13.0. The standard InChI is InChI=1S/C10H11F3O2/c11-7-5-9(13)10(6-8(7)12)15-4-2-1-3-14/h5-6,14H,1-4H2. The van der Waals surface area contributed by atoms with Gasteiger partial charge in [0.2, 0.25) is 0 Å². The van der Waals surface area contributed by atoms with Crippen molar-refractivity contribution in [2.24, 2.45) is 0 Å². The van der Waals surface area contributed by atoms with Gasteiger partial charge in [0.1, 0.15) is 0 Å². The number of rotatable bonds is 5. The maximum Gasteiger partial charge on any atom is 0.168 e. The molecule has 1 rings (SSSR count). The first-order chi connectivity index (χ1) is 7.15. The minimum atomic E-state index is -1.24. The molecule has 0 spiro atoms. The Kier molecular flexibility index (Phi) is 4.42. The van der Waals surface area contributed by atoms with Crippen molar-refractivity contribution in [2.45, 2.75) is 12.8 Å². The highest BCUT2D eigenvalue weighted by Gasteiger charge is 2.10. The number of ether oxygens (including phenoxy) is 1. The fourth-order valence-electron chi connectivity index (χ4n) is 1.01. The molecule has 0 atom stereocenters. The smallest absolute Gasteiger partial charge is 0.168 e. The van der Waals surface area contributed by atoms with Gasteiger partial charge in [-0.2, -0.15) is 0 Å². The lowest BCUT2D eigenvalue weighted by Gasteiger charge is -2.06. The number of hydrogen-bond donors (Lipinski definition) is 1. The zero-order chi connectivity index (χ0) is 11.3. The molecule has 0 heterocycles. The fraction of sp³-hybridized carbons (Fsp3) is 0.400. The number of unbranched alkanes of at least 4 members (excludes halogenated alkanes) is 1. The van der Waals surface area contributed by atoms with Crippen LogP contribution >= 0.6 is 0 Å². The average Bonchev–Trinajstić information content (AvgIpc) is 2.20. The molecule has 0 radical (unpaired) electrons. The molecule has 2 nitrogen and oxygen atoms in total. The Labute approximate surface area is 85.3 Å². The molecule has 0 aliphatic heterocycles. The van der Waals surface area contributed by atoms with Gasteiger partial charge in [-0.25, -0.2) is 13.2 Å². The van der Waals surface area contributed by atoms with E-state index in [4.69, 9.17) is 9.84 Å². The second-order valence-corrected chi connectivity index (χ2v) is 2.98. The Morgan fingerprint density at radius 1 is 1.00 bits per heavy atom. The van der Waals surface area contributed by atoms with Gasteiger partial charge < -0.3 is 9.84 Å². The van der Waals surface area contributed by atoms with Crippen LogP contribution < -0.4 is 4.74 Å². The first-order valence-corrected chi connectivity index (χ1v) is 4.53. The van der Waals surface area contributed by atoms with Crippen LogP contribution in [0.15, 0.2) is 12.1 Å². The van der Waals surface area contributed by atoms with Crippen LogP contribution in [0, 0.1) is 17.5 Å². The van der Waals surface area contributed by atoms with E-state index < -0.39 is 17.5 Å². The number of aliphatic hydroxyl groups excluding tert-OH is 1. The van der Waals surface area contributed by atoms with E-state index in [1.807, 2.05) is 0 Å². The van der Waals surface area contributed by atoms with Crippen LogP contribution in [0.25, 0.3) is 0 Å². The molecule has 0 saturated heterocycles. The van der Waals surface area contributed by atoms with Crippen molar-refractivity contribution in [3.8, 4) is 5.75 Å². The zero-order valence-electron chi connectivity index (χ0n) is 7.97. The Hall–Kier alpha value is -1.23. The van der Waals surface area contributed by atoms with Crippen LogP contribution in [-0.2, 0) is 0 Å². The monoisotopic (exact) mass is 220 g/mol. The van der Waals surface area contributed by atoms with Crippen LogP contribution in [0.1, 0.15) is 12.8 Å². The van der Waals surface area contributed by atoms with Crippen molar-refractivity contribution in [1.82, 2.24) is 0 Å². The summed E-state index contributed by atoms with van der Waals surface area (Å²) >= 11 is 0. The SMILES string of the molecule is OCCCCOc1cc(F)c(F)cc1F. The Balaban J connectivity index is 2.57. The van der Waals surface area contributed by atoms with Crippen LogP contribution in [0.4, 0.5) is 13.2 Å². The third kappa shape index (κ3) is 3.43. The summed E-state index contributed by atoms with van der Waals surface area (Å²) in [6.07, 6.45) is 1.04. The van der Waals surface area contributed by atoms with Crippen molar-refractivity contribution < 1.29 is 23.0 Å². The van der Waals surface area contributed by atoms with Crippen LogP contribution in [0.2, 0.25) is 0 Å². The van der Waals surface area contributed by atoms with Crippen molar-refractivity contribution in [3.63, 3.8) is 0 Å². The Morgan fingerprint density at radius 2 is 1.67 bits per heavy atom. The minimum Gasteiger partial charge on any atom is -0.490 e. The second-order valence-electron chi connectivity index (χ2n) is 2.98. The van der Waals surface area contributed by atoms with E-state index in [-0.39, 0.29) is 19.0 Å². The summed E-state index contributed by atoms with van der Waals surface area (Å²) in [6.45, 7) is 0.173. The van der Waals surface area contributed by atoms with E-state index in [9.17, 15) is 13.2 Å². The van der Waals surface area contributed by atoms with Crippen molar-refractivity contribution in [2.75, 3.05) is 13.2 Å². The van der Waals surface area contributed by atoms with Gasteiger partial charge in [-0.15, -0.1) is 0 Å². The summed E-state index contributed by atoms with van der Waals surface area (Å²) in [5.74, 6) is -3.63. The van der Waals surface area contributed by atoms with Gasteiger partial charge in [-0.05, 0) is 12.8 Å². The van der Waals surface area contributed by atoms with E-state index in [2.05, 4.69) is 0 Å². The molecule has 1 aromatic rings. The normalized spacial score (nSPS) is 10.4. The van der Waals surface area contributed by atoms with Gasteiger partial charge in [0.15, 0.2) is 23.2 Å². The van der Waals surface area contributed by atoms with Crippen LogP contribution in [0.3, 0.4) is 0 Å². The molecular formula is C10H11F3O2. The molecule has 0 amide bonds. The molecule has 0 aliphatic carbocycles. The van der Waals surface area contributed by atoms with Gasteiger partial charge in [0, 0.05) is 18.7 Å². The molecular weight excluding hydrogens is 209 g/mol. The predicted octanol–water partition coefficient (Wildman–Crippen LogP) is 2.26. The summed E-state index contributed by atoms with van der Waals surface area (Å²) in [7, 11) is 0. The van der Waals surface area contributed by atoms with Crippen LogP contribution in [-0.4, -0.2) is 18.3 Å². The minimum absolute atomic E-state index is 0.0175.